The average Bonchev–Trinajstić information content (AvgIpc) is 3.35. The zero-order valence-corrected chi connectivity index (χ0v) is 19.5. The summed E-state index contributed by atoms with van der Waals surface area (Å²) < 4.78 is 14.7. The highest BCUT2D eigenvalue weighted by Crippen LogP contribution is 2.54. The third-order valence-electron chi connectivity index (χ3n) is 7.77. The number of H-pyrrole nitrogens is 1. The second-order valence-electron chi connectivity index (χ2n) is 9.91. The van der Waals surface area contributed by atoms with Crippen molar-refractivity contribution < 1.29 is 24.5 Å². The Morgan fingerprint density at radius 3 is 2.51 bits per heavy atom. The number of aliphatic hydroxyl groups is 3. The highest BCUT2D eigenvalue weighted by molar-refractivity contribution is 5.92. The molecule has 0 unspecified atom stereocenters. The van der Waals surface area contributed by atoms with Crippen LogP contribution in [0.15, 0.2) is 29.1 Å². The Bertz CT molecular complexity index is 1180. The number of aryl methyl sites for hydroxylation is 1. The van der Waals surface area contributed by atoms with Crippen molar-refractivity contribution in [2.45, 2.75) is 62.6 Å². The number of aromatic nitrogens is 2. The predicted octanol–water partition coefficient (Wildman–Crippen LogP) is 0.174. The van der Waals surface area contributed by atoms with Gasteiger partial charge in [-0.15, -0.1) is 0 Å². The fourth-order valence-electron chi connectivity index (χ4n) is 5.95. The standard InChI is InChI=1S/C24H30FN5O5/c1-2-14-3-6-19(27-21(14)31)23-11-16(12-23)30(13-23)15-7-9-29(10-8-15)18-5-4-17(26-20(18)25)22(32)28-24(33,34)35/h3-6,15-16,33-35H,2,7-13H2,1H3,(H,27,31)(H,28,32). The van der Waals surface area contributed by atoms with Gasteiger partial charge in [-0.2, -0.15) is 4.39 Å². The van der Waals surface area contributed by atoms with Crippen LogP contribution >= 0.6 is 0 Å². The van der Waals surface area contributed by atoms with Crippen molar-refractivity contribution in [1.29, 1.82) is 0 Å². The minimum absolute atomic E-state index is 0.0112. The summed E-state index contributed by atoms with van der Waals surface area (Å²) in [4.78, 5) is 35.4. The van der Waals surface area contributed by atoms with Crippen LogP contribution in [0.3, 0.4) is 0 Å². The van der Waals surface area contributed by atoms with E-state index in [0.29, 0.717) is 25.2 Å². The van der Waals surface area contributed by atoms with Crippen LogP contribution in [0.5, 0.6) is 0 Å². The van der Waals surface area contributed by atoms with Gasteiger partial charge in [-0.1, -0.05) is 13.0 Å². The number of hydrogen-bond donors (Lipinski definition) is 5. The zero-order chi connectivity index (χ0) is 25.0. The van der Waals surface area contributed by atoms with Crippen LogP contribution in [0.2, 0.25) is 0 Å². The van der Waals surface area contributed by atoms with E-state index in [4.69, 9.17) is 15.3 Å². The van der Waals surface area contributed by atoms with Gasteiger partial charge in [-0.25, -0.2) is 4.98 Å². The molecule has 0 spiro atoms. The number of carbonyl (C=O) groups excluding carboxylic acids is 1. The molecule has 5 N–H and O–H groups in total. The van der Waals surface area contributed by atoms with E-state index in [1.165, 1.54) is 17.4 Å². The van der Waals surface area contributed by atoms with Crippen molar-refractivity contribution in [3.8, 4) is 0 Å². The molecule has 0 aromatic carbocycles. The molecule has 4 aliphatic rings. The third-order valence-corrected chi connectivity index (χ3v) is 7.77. The monoisotopic (exact) mass is 487 g/mol. The van der Waals surface area contributed by atoms with Gasteiger partial charge in [0.15, 0.2) is 0 Å². The molecule has 11 heteroatoms. The van der Waals surface area contributed by atoms with Gasteiger partial charge < -0.3 is 25.2 Å². The minimum atomic E-state index is -3.40. The van der Waals surface area contributed by atoms with E-state index in [1.807, 2.05) is 17.9 Å². The van der Waals surface area contributed by atoms with E-state index < -0.39 is 18.0 Å². The fraction of sp³-hybridized carbons (Fsp3) is 0.542. The Balaban J connectivity index is 1.21. The van der Waals surface area contributed by atoms with Gasteiger partial charge in [0, 0.05) is 48.4 Å². The molecular weight excluding hydrogens is 457 g/mol. The summed E-state index contributed by atoms with van der Waals surface area (Å²) >= 11 is 0. The van der Waals surface area contributed by atoms with Crippen LogP contribution in [0, 0.1) is 5.95 Å². The molecule has 1 aliphatic carbocycles. The summed E-state index contributed by atoms with van der Waals surface area (Å²) in [5.41, 5.74) is 1.77. The van der Waals surface area contributed by atoms with Gasteiger partial charge >= 0.3 is 6.10 Å². The molecule has 3 aliphatic heterocycles. The molecule has 3 saturated heterocycles. The molecule has 10 nitrogen and oxygen atoms in total. The number of nitrogens with zero attached hydrogens (tertiary/aromatic N) is 3. The van der Waals surface area contributed by atoms with E-state index in [9.17, 15) is 14.0 Å². The lowest BCUT2D eigenvalue weighted by Gasteiger charge is -2.40. The van der Waals surface area contributed by atoms with Crippen LogP contribution in [0.1, 0.15) is 54.4 Å². The number of fused-ring (bicyclic) bond motifs is 1. The molecule has 1 amide bonds. The summed E-state index contributed by atoms with van der Waals surface area (Å²) in [5, 5.41) is 28.1. The van der Waals surface area contributed by atoms with Crippen molar-refractivity contribution in [1.82, 2.24) is 20.2 Å². The van der Waals surface area contributed by atoms with E-state index >= 15 is 0 Å². The van der Waals surface area contributed by atoms with Crippen LogP contribution in [0.4, 0.5) is 10.1 Å². The molecule has 0 radical (unpaired) electrons. The summed E-state index contributed by atoms with van der Waals surface area (Å²) in [5.74, 6) is -1.95. The number of amides is 1. The number of aromatic amines is 1. The topological polar surface area (TPSA) is 142 Å². The first-order chi connectivity index (χ1) is 16.6. The Hall–Kier alpha value is -2.86. The lowest BCUT2D eigenvalue weighted by atomic mass is 9.68. The predicted molar refractivity (Wildman–Crippen MR) is 124 cm³/mol. The minimum Gasteiger partial charge on any atom is -0.368 e. The quantitative estimate of drug-likeness (QED) is 0.287. The Kier molecular flexibility index (Phi) is 5.91. The average molecular weight is 488 g/mol. The number of halogens is 1. The lowest BCUT2D eigenvalue weighted by Crippen LogP contribution is -2.48. The smallest absolute Gasteiger partial charge is 0.368 e. The van der Waals surface area contributed by atoms with Crippen LogP contribution in [0.25, 0.3) is 0 Å². The van der Waals surface area contributed by atoms with Crippen LogP contribution in [-0.4, -0.2) is 73.9 Å². The number of piperidine rings is 1. The van der Waals surface area contributed by atoms with Gasteiger partial charge in [0.2, 0.25) is 5.95 Å². The third kappa shape index (κ3) is 4.44. The molecule has 6 rings (SSSR count). The first-order valence-electron chi connectivity index (χ1n) is 12.0. The Morgan fingerprint density at radius 1 is 1.20 bits per heavy atom. The van der Waals surface area contributed by atoms with Gasteiger partial charge in [0.25, 0.3) is 11.5 Å². The molecule has 1 saturated carbocycles. The molecule has 5 heterocycles. The zero-order valence-electron chi connectivity index (χ0n) is 19.5. The van der Waals surface area contributed by atoms with Crippen molar-refractivity contribution in [2.75, 3.05) is 24.5 Å². The number of nitrogens with one attached hydrogen (secondary N) is 2. The molecule has 188 valence electrons. The molecule has 35 heavy (non-hydrogen) atoms. The Morgan fingerprint density at radius 2 is 1.91 bits per heavy atom. The normalized spacial score (nSPS) is 24.9. The summed E-state index contributed by atoms with van der Waals surface area (Å²) in [6, 6.07) is 7.62. The molecular formula is C24H30FN5O5. The maximum absolute atomic E-state index is 14.7. The molecule has 0 atom stereocenters. The number of rotatable bonds is 6. The van der Waals surface area contributed by atoms with Crippen LogP contribution in [-0.2, 0) is 11.8 Å². The fourth-order valence-corrected chi connectivity index (χ4v) is 5.95. The van der Waals surface area contributed by atoms with Gasteiger partial charge in [-0.3, -0.25) is 19.8 Å². The Labute approximate surface area is 201 Å². The van der Waals surface area contributed by atoms with Gasteiger partial charge in [0.1, 0.15) is 5.69 Å². The summed E-state index contributed by atoms with van der Waals surface area (Å²) in [6.45, 7) is 4.18. The maximum Gasteiger partial charge on any atom is 0.369 e. The second kappa shape index (κ2) is 8.66. The highest BCUT2D eigenvalue weighted by Gasteiger charge is 2.58. The van der Waals surface area contributed by atoms with E-state index in [2.05, 4.69) is 20.9 Å². The highest BCUT2D eigenvalue weighted by atomic mass is 19.1. The van der Waals surface area contributed by atoms with Crippen molar-refractivity contribution >= 4 is 11.6 Å². The van der Waals surface area contributed by atoms with Crippen molar-refractivity contribution in [3.05, 3.63) is 57.5 Å². The number of anilines is 1. The first-order valence-corrected chi connectivity index (χ1v) is 12.0. The first kappa shape index (κ1) is 23.9. The van der Waals surface area contributed by atoms with Gasteiger partial charge in [-0.05, 0) is 50.3 Å². The molecule has 4 fully saturated rings. The molecule has 2 bridgehead atoms. The maximum atomic E-state index is 14.7. The van der Waals surface area contributed by atoms with Crippen molar-refractivity contribution in [2.24, 2.45) is 0 Å². The molecule has 2 aromatic rings. The largest absolute Gasteiger partial charge is 0.369 e. The summed E-state index contributed by atoms with van der Waals surface area (Å²) in [6.07, 6.45) is 1.14. The number of hydrogen-bond acceptors (Lipinski definition) is 8. The number of carbonyl (C=O) groups is 1. The second-order valence-corrected chi connectivity index (χ2v) is 9.91. The van der Waals surface area contributed by atoms with Crippen LogP contribution < -0.4 is 15.8 Å². The van der Waals surface area contributed by atoms with Gasteiger partial charge in [0.05, 0.1) is 5.69 Å². The van der Waals surface area contributed by atoms with Crippen molar-refractivity contribution in [3.63, 3.8) is 0 Å². The van der Waals surface area contributed by atoms with E-state index in [0.717, 1.165) is 49.9 Å². The van der Waals surface area contributed by atoms with E-state index in [-0.39, 0.29) is 22.4 Å². The SMILES string of the molecule is CCc1ccc(C23CC(C2)N(C2CCN(c4ccc(C(=O)NC(O)(O)O)nc4F)CC2)C3)[nH]c1=O. The molecule has 2 aromatic heterocycles. The lowest BCUT2D eigenvalue weighted by molar-refractivity contribution is -0.323. The number of pyridine rings is 2. The summed E-state index contributed by atoms with van der Waals surface area (Å²) in [7, 11) is 0. The van der Waals surface area contributed by atoms with E-state index in [1.54, 1.807) is 0 Å².